The predicted molar refractivity (Wildman–Crippen MR) is 129 cm³/mol. The van der Waals surface area contributed by atoms with Crippen molar-refractivity contribution in [1.82, 2.24) is 29.6 Å². The number of aryl methyl sites for hydroxylation is 1. The molecule has 1 aliphatic rings. The standard InChI is InChI=1S/C25H30N6O2/c1-5-21-23(16-6-7-22(32-3)26-13-16)19-12-17(14-27-24(19)28-21)20-15-31(29-25(20)33-4)18-8-10-30(2)11-9-18/h6-7,12-15,18H,5,8-11H2,1-4H3,(H,27,28). The van der Waals surface area contributed by atoms with Crippen LogP contribution in [0.2, 0.25) is 0 Å². The Morgan fingerprint density at radius 2 is 1.85 bits per heavy atom. The molecule has 33 heavy (non-hydrogen) atoms. The van der Waals surface area contributed by atoms with E-state index >= 15 is 0 Å². The van der Waals surface area contributed by atoms with E-state index in [2.05, 4.69) is 45.8 Å². The summed E-state index contributed by atoms with van der Waals surface area (Å²) in [6.07, 6.45) is 8.90. The van der Waals surface area contributed by atoms with Gasteiger partial charge in [-0.1, -0.05) is 6.92 Å². The van der Waals surface area contributed by atoms with Gasteiger partial charge in [-0.3, -0.25) is 4.68 Å². The van der Waals surface area contributed by atoms with Gasteiger partial charge in [-0.2, -0.15) is 0 Å². The third-order valence-electron chi connectivity index (χ3n) is 6.58. The number of pyridine rings is 2. The summed E-state index contributed by atoms with van der Waals surface area (Å²) in [5.74, 6) is 1.23. The van der Waals surface area contributed by atoms with Crippen LogP contribution in [0.4, 0.5) is 0 Å². The molecule has 0 amide bonds. The van der Waals surface area contributed by atoms with Gasteiger partial charge in [-0.15, -0.1) is 5.10 Å². The summed E-state index contributed by atoms with van der Waals surface area (Å²) in [6, 6.07) is 6.50. The third kappa shape index (κ3) is 3.95. The minimum Gasteiger partial charge on any atom is -0.481 e. The van der Waals surface area contributed by atoms with Gasteiger partial charge in [0, 0.05) is 52.4 Å². The van der Waals surface area contributed by atoms with Crippen molar-refractivity contribution >= 4 is 11.0 Å². The number of hydrogen-bond acceptors (Lipinski definition) is 6. The molecule has 0 unspecified atom stereocenters. The molecule has 0 atom stereocenters. The van der Waals surface area contributed by atoms with Crippen molar-refractivity contribution in [1.29, 1.82) is 0 Å². The molecule has 0 aliphatic carbocycles. The number of fused-ring (bicyclic) bond motifs is 1. The Labute approximate surface area is 193 Å². The highest BCUT2D eigenvalue weighted by atomic mass is 16.5. The molecule has 8 nitrogen and oxygen atoms in total. The van der Waals surface area contributed by atoms with Crippen LogP contribution in [0, 0.1) is 0 Å². The largest absolute Gasteiger partial charge is 0.481 e. The fourth-order valence-corrected chi connectivity index (χ4v) is 4.68. The van der Waals surface area contributed by atoms with Gasteiger partial charge in [-0.05, 0) is 51.5 Å². The summed E-state index contributed by atoms with van der Waals surface area (Å²) in [5.41, 5.74) is 6.11. The zero-order valence-electron chi connectivity index (χ0n) is 19.6. The zero-order valence-corrected chi connectivity index (χ0v) is 19.6. The van der Waals surface area contributed by atoms with Gasteiger partial charge in [0.25, 0.3) is 0 Å². The van der Waals surface area contributed by atoms with E-state index in [1.807, 2.05) is 24.5 Å². The second-order valence-electron chi connectivity index (χ2n) is 8.61. The van der Waals surface area contributed by atoms with Gasteiger partial charge >= 0.3 is 0 Å². The molecule has 1 N–H and O–H groups in total. The Kier molecular flexibility index (Phi) is 5.76. The third-order valence-corrected chi connectivity index (χ3v) is 6.58. The number of ether oxygens (including phenoxy) is 2. The summed E-state index contributed by atoms with van der Waals surface area (Å²) in [5, 5.41) is 5.83. The number of piperidine rings is 1. The van der Waals surface area contributed by atoms with Crippen LogP contribution in [0.25, 0.3) is 33.3 Å². The molecule has 172 valence electrons. The Hall–Kier alpha value is -3.39. The monoisotopic (exact) mass is 446 g/mol. The van der Waals surface area contributed by atoms with E-state index in [4.69, 9.17) is 19.6 Å². The minimum absolute atomic E-state index is 0.389. The first-order valence-corrected chi connectivity index (χ1v) is 11.4. The van der Waals surface area contributed by atoms with E-state index in [-0.39, 0.29) is 0 Å². The van der Waals surface area contributed by atoms with Crippen LogP contribution >= 0.6 is 0 Å². The maximum absolute atomic E-state index is 5.67. The van der Waals surface area contributed by atoms with E-state index in [1.54, 1.807) is 14.2 Å². The number of methoxy groups -OCH3 is 2. The predicted octanol–water partition coefficient (Wildman–Crippen LogP) is 4.33. The molecule has 0 saturated carbocycles. The molecular weight excluding hydrogens is 416 g/mol. The van der Waals surface area contributed by atoms with Crippen LogP contribution < -0.4 is 9.47 Å². The highest BCUT2D eigenvalue weighted by molar-refractivity contribution is 5.97. The molecule has 8 heteroatoms. The van der Waals surface area contributed by atoms with E-state index in [0.717, 1.165) is 71.3 Å². The molecule has 5 rings (SSSR count). The van der Waals surface area contributed by atoms with Gasteiger partial charge in [-0.25, -0.2) is 9.97 Å². The molecule has 0 radical (unpaired) electrons. The fourth-order valence-electron chi connectivity index (χ4n) is 4.68. The van der Waals surface area contributed by atoms with E-state index in [0.29, 0.717) is 17.8 Å². The number of H-pyrrole nitrogens is 1. The summed E-state index contributed by atoms with van der Waals surface area (Å²) >= 11 is 0. The molecule has 0 bridgehead atoms. The molecule has 4 aromatic rings. The molecule has 1 aliphatic heterocycles. The minimum atomic E-state index is 0.389. The first kappa shape index (κ1) is 21.5. The van der Waals surface area contributed by atoms with Crippen molar-refractivity contribution in [3.8, 4) is 34.0 Å². The van der Waals surface area contributed by atoms with Crippen molar-refractivity contribution in [2.24, 2.45) is 0 Å². The average Bonchev–Trinajstić information content (AvgIpc) is 3.45. The first-order valence-electron chi connectivity index (χ1n) is 11.4. The van der Waals surface area contributed by atoms with E-state index < -0.39 is 0 Å². The van der Waals surface area contributed by atoms with E-state index in [9.17, 15) is 0 Å². The van der Waals surface area contributed by atoms with Crippen LogP contribution in [0.5, 0.6) is 11.8 Å². The molecule has 1 saturated heterocycles. The number of nitrogens with zero attached hydrogens (tertiary/aromatic N) is 5. The zero-order chi connectivity index (χ0) is 22.9. The first-order chi connectivity index (χ1) is 16.1. The lowest BCUT2D eigenvalue weighted by Gasteiger charge is -2.28. The number of nitrogens with one attached hydrogen (secondary N) is 1. The Morgan fingerprint density at radius 1 is 1.06 bits per heavy atom. The van der Waals surface area contributed by atoms with Gasteiger partial charge in [0.2, 0.25) is 11.8 Å². The number of hydrogen-bond donors (Lipinski definition) is 1. The lowest BCUT2D eigenvalue weighted by molar-refractivity contribution is 0.210. The van der Waals surface area contributed by atoms with Gasteiger partial charge in [0.15, 0.2) is 0 Å². The van der Waals surface area contributed by atoms with Crippen LogP contribution in [0.1, 0.15) is 31.5 Å². The molecule has 0 aromatic carbocycles. The topological polar surface area (TPSA) is 81.1 Å². The maximum atomic E-state index is 5.67. The average molecular weight is 447 g/mol. The van der Waals surface area contributed by atoms with Crippen molar-refractivity contribution in [3.63, 3.8) is 0 Å². The van der Waals surface area contributed by atoms with Crippen molar-refractivity contribution in [2.75, 3.05) is 34.4 Å². The van der Waals surface area contributed by atoms with Gasteiger partial charge in [0.1, 0.15) is 5.65 Å². The fraction of sp³-hybridized carbons (Fsp3) is 0.400. The van der Waals surface area contributed by atoms with Crippen molar-refractivity contribution < 1.29 is 9.47 Å². The number of aromatic nitrogens is 5. The Balaban J connectivity index is 1.58. The highest BCUT2D eigenvalue weighted by Gasteiger charge is 2.23. The summed E-state index contributed by atoms with van der Waals surface area (Å²) in [7, 11) is 5.47. The Morgan fingerprint density at radius 3 is 2.52 bits per heavy atom. The van der Waals surface area contributed by atoms with E-state index in [1.165, 1.54) is 0 Å². The summed E-state index contributed by atoms with van der Waals surface area (Å²) in [4.78, 5) is 15.0. The molecule has 0 spiro atoms. The summed E-state index contributed by atoms with van der Waals surface area (Å²) < 4.78 is 13.0. The second-order valence-corrected chi connectivity index (χ2v) is 8.61. The number of aromatic amines is 1. The Bertz CT molecular complexity index is 1250. The number of rotatable bonds is 6. The molecule has 4 aromatic heterocycles. The quantitative estimate of drug-likeness (QED) is 0.475. The van der Waals surface area contributed by atoms with Crippen LogP contribution in [-0.4, -0.2) is 64.0 Å². The lowest BCUT2D eigenvalue weighted by atomic mass is 10.0. The maximum Gasteiger partial charge on any atom is 0.240 e. The smallest absolute Gasteiger partial charge is 0.240 e. The lowest BCUT2D eigenvalue weighted by Crippen LogP contribution is -2.31. The molecular formula is C25H30N6O2. The van der Waals surface area contributed by atoms with Crippen LogP contribution in [0.3, 0.4) is 0 Å². The highest BCUT2D eigenvalue weighted by Crippen LogP contribution is 2.37. The SMILES string of the molecule is CCc1[nH]c2ncc(-c3cn(C4CCN(C)CC4)nc3OC)cc2c1-c1ccc(OC)nc1. The molecule has 5 heterocycles. The number of likely N-dealkylation sites (tertiary alicyclic amines) is 1. The molecule has 1 fully saturated rings. The van der Waals surface area contributed by atoms with Crippen molar-refractivity contribution in [2.45, 2.75) is 32.2 Å². The van der Waals surface area contributed by atoms with Gasteiger partial charge < -0.3 is 19.4 Å². The van der Waals surface area contributed by atoms with Crippen LogP contribution in [-0.2, 0) is 6.42 Å². The second kappa shape index (κ2) is 8.86. The summed E-state index contributed by atoms with van der Waals surface area (Å²) in [6.45, 7) is 4.30. The van der Waals surface area contributed by atoms with Crippen molar-refractivity contribution in [3.05, 3.63) is 42.5 Å². The van der Waals surface area contributed by atoms with Crippen LogP contribution in [0.15, 0.2) is 36.8 Å². The normalized spacial score (nSPS) is 15.3. The van der Waals surface area contributed by atoms with Gasteiger partial charge in [0.05, 0.1) is 25.8 Å².